The first-order valence-corrected chi connectivity index (χ1v) is 7.70. The van der Waals surface area contributed by atoms with Crippen LogP contribution in [0.1, 0.15) is 32.6 Å². The SMILES string of the molecule is CCC/C=C/CO[C@H]1[C@H](I)CCCN1C(=O)OC. The molecular formula is C13H22INO3. The van der Waals surface area contributed by atoms with Crippen LogP contribution in [0.3, 0.4) is 0 Å². The summed E-state index contributed by atoms with van der Waals surface area (Å²) in [5.41, 5.74) is 0. The molecule has 0 spiro atoms. The third kappa shape index (κ3) is 4.76. The second-order valence-electron chi connectivity index (χ2n) is 4.31. The summed E-state index contributed by atoms with van der Waals surface area (Å²) < 4.78 is 10.9. The highest BCUT2D eigenvalue weighted by molar-refractivity contribution is 14.1. The van der Waals surface area contributed by atoms with Gasteiger partial charge in [-0.1, -0.05) is 48.1 Å². The van der Waals surface area contributed by atoms with Gasteiger partial charge in [0.2, 0.25) is 0 Å². The molecule has 1 rings (SSSR count). The van der Waals surface area contributed by atoms with Crippen LogP contribution in [0.15, 0.2) is 12.2 Å². The lowest BCUT2D eigenvalue weighted by Gasteiger charge is -2.37. The number of rotatable bonds is 5. The lowest BCUT2D eigenvalue weighted by atomic mass is 10.1. The molecule has 1 heterocycles. The minimum atomic E-state index is -0.293. The van der Waals surface area contributed by atoms with Crippen molar-refractivity contribution in [1.82, 2.24) is 4.90 Å². The van der Waals surface area contributed by atoms with Gasteiger partial charge in [-0.3, -0.25) is 4.90 Å². The van der Waals surface area contributed by atoms with Crippen LogP contribution in [-0.4, -0.2) is 41.4 Å². The minimum Gasteiger partial charge on any atom is -0.453 e. The van der Waals surface area contributed by atoms with Crippen LogP contribution in [0.2, 0.25) is 0 Å². The van der Waals surface area contributed by atoms with Crippen molar-refractivity contribution in [2.45, 2.75) is 42.8 Å². The molecule has 0 aromatic carbocycles. The molecule has 0 aromatic rings. The number of halogens is 1. The largest absolute Gasteiger partial charge is 0.453 e. The van der Waals surface area contributed by atoms with Crippen LogP contribution < -0.4 is 0 Å². The molecule has 0 unspecified atom stereocenters. The van der Waals surface area contributed by atoms with Gasteiger partial charge in [0.15, 0.2) is 0 Å². The molecule has 1 fully saturated rings. The summed E-state index contributed by atoms with van der Waals surface area (Å²) >= 11 is 2.35. The Bertz CT molecular complexity index is 283. The molecule has 0 aromatic heterocycles. The van der Waals surface area contributed by atoms with Crippen LogP contribution in [-0.2, 0) is 9.47 Å². The lowest BCUT2D eigenvalue weighted by Crippen LogP contribution is -2.50. The van der Waals surface area contributed by atoms with Crippen LogP contribution in [0, 0.1) is 0 Å². The van der Waals surface area contributed by atoms with E-state index < -0.39 is 0 Å². The first kappa shape index (κ1) is 15.8. The number of likely N-dealkylation sites (tertiary alicyclic amines) is 1. The van der Waals surface area contributed by atoms with E-state index in [1.54, 1.807) is 4.90 Å². The molecule has 18 heavy (non-hydrogen) atoms. The number of carbonyl (C=O) groups excluding carboxylic acids is 1. The van der Waals surface area contributed by atoms with E-state index in [0.717, 1.165) is 32.2 Å². The van der Waals surface area contributed by atoms with E-state index in [1.807, 2.05) is 6.08 Å². The highest BCUT2D eigenvalue weighted by Crippen LogP contribution is 2.25. The Morgan fingerprint density at radius 1 is 1.50 bits per heavy atom. The fourth-order valence-corrected chi connectivity index (χ4v) is 2.97. The van der Waals surface area contributed by atoms with Crippen LogP contribution >= 0.6 is 22.6 Å². The molecule has 104 valence electrons. The standard InChI is InChI=1S/C13H22INO3/c1-3-4-5-6-10-18-12-11(14)8-7-9-15(12)13(16)17-2/h5-6,11-12H,3-4,7-10H2,1-2H3/b6-5+/t11-,12+/m1/s1. The smallest absolute Gasteiger partial charge is 0.411 e. The van der Waals surface area contributed by atoms with Gasteiger partial charge in [-0.25, -0.2) is 4.79 Å². The Labute approximate surface area is 123 Å². The molecule has 1 amide bonds. The van der Waals surface area contributed by atoms with Crippen LogP contribution in [0.4, 0.5) is 4.79 Å². The maximum Gasteiger partial charge on any atom is 0.411 e. The van der Waals surface area contributed by atoms with Crippen molar-refractivity contribution in [2.75, 3.05) is 20.3 Å². The van der Waals surface area contributed by atoms with Gasteiger partial charge >= 0.3 is 6.09 Å². The topological polar surface area (TPSA) is 38.8 Å². The predicted octanol–water partition coefficient (Wildman–Crippen LogP) is 3.35. The summed E-state index contributed by atoms with van der Waals surface area (Å²) in [5, 5.41) is 0. The van der Waals surface area contributed by atoms with E-state index in [2.05, 4.69) is 35.6 Å². The Morgan fingerprint density at radius 2 is 2.28 bits per heavy atom. The van der Waals surface area contributed by atoms with E-state index in [4.69, 9.17) is 9.47 Å². The summed E-state index contributed by atoms with van der Waals surface area (Å²) in [6.45, 7) is 3.42. The van der Waals surface area contributed by atoms with E-state index in [-0.39, 0.29) is 12.3 Å². The number of methoxy groups -OCH3 is 1. The number of hydrogen-bond donors (Lipinski definition) is 0. The Balaban J connectivity index is 2.48. The first-order chi connectivity index (χ1) is 8.70. The Hall–Kier alpha value is -0.300. The number of alkyl halides is 1. The normalized spacial score (nSPS) is 24.5. The molecular weight excluding hydrogens is 345 g/mol. The van der Waals surface area contributed by atoms with E-state index >= 15 is 0 Å². The summed E-state index contributed by atoms with van der Waals surface area (Å²) in [7, 11) is 1.41. The van der Waals surface area contributed by atoms with E-state index in [9.17, 15) is 4.79 Å². The van der Waals surface area contributed by atoms with Gasteiger partial charge in [-0.2, -0.15) is 0 Å². The van der Waals surface area contributed by atoms with Crippen molar-refractivity contribution >= 4 is 28.7 Å². The molecule has 5 heteroatoms. The number of amides is 1. The maximum atomic E-state index is 11.7. The van der Waals surface area contributed by atoms with Gasteiger partial charge in [0.1, 0.15) is 6.23 Å². The summed E-state index contributed by atoms with van der Waals surface area (Å²) in [6, 6.07) is 0. The molecule has 1 aliphatic rings. The van der Waals surface area contributed by atoms with Gasteiger partial charge in [0.25, 0.3) is 0 Å². The van der Waals surface area contributed by atoms with Crippen molar-refractivity contribution < 1.29 is 14.3 Å². The number of piperidine rings is 1. The molecule has 0 N–H and O–H groups in total. The summed E-state index contributed by atoms with van der Waals surface area (Å²) in [4.78, 5) is 13.3. The quantitative estimate of drug-likeness (QED) is 0.425. The molecule has 2 atom stereocenters. The highest BCUT2D eigenvalue weighted by atomic mass is 127. The zero-order valence-corrected chi connectivity index (χ0v) is 13.3. The average molecular weight is 367 g/mol. The van der Waals surface area contributed by atoms with Crippen LogP contribution in [0.5, 0.6) is 0 Å². The van der Waals surface area contributed by atoms with Crippen LogP contribution in [0.25, 0.3) is 0 Å². The maximum absolute atomic E-state index is 11.7. The number of allylic oxidation sites excluding steroid dienone is 1. The average Bonchev–Trinajstić information content (AvgIpc) is 2.39. The Kier molecular flexibility index (Phi) is 7.65. The van der Waals surface area contributed by atoms with Crippen molar-refractivity contribution in [2.24, 2.45) is 0 Å². The van der Waals surface area contributed by atoms with Crippen molar-refractivity contribution in [1.29, 1.82) is 0 Å². The molecule has 1 aliphatic heterocycles. The Morgan fingerprint density at radius 3 is 2.94 bits per heavy atom. The second-order valence-corrected chi connectivity index (χ2v) is 5.91. The number of hydrogen-bond acceptors (Lipinski definition) is 3. The van der Waals surface area contributed by atoms with E-state index in [0.29, 0.717) is 10.5 Å². The molecule has 1 saturated heterocycles. The fraction of sp³-hybridized carbons (Fsp3) is 0.769. The second kappa shape index (κ2) is 8.74. The molecule has 0 aliphatic carbocycles. The monoisotopic (exact) mass is 367 g/mol. The van der Waals surface area contributed by atoms with Crippen molar-refractivity contribution in [3.63, 3.8) is 0 Å². The third-order valence-corrected chi connectivity index (χ3v) is 4.13. The van der Waals surface area contributed by atoms with E-state index in [1.165, 1.54) is 7.11 Å². The molecule has 0 saturated carbocycles. The number of nitrogens with zero attached hydrogens (tertiary/aromatic N) is 1. The number of ether oxygens (including phenoxy) is 2. The zero-order chi connectivity index (χ0) is 13.4. The minimum absolute atomic E-state index is 0.168. The van der Waals surface area contributed by atoms with Gasteiger partial charge in [0, 0.05) is 6.54 Å². The number of carbonyl (C=O) groups is 1. The number of unbranched alkanes of at least 4 members (excludes halogenated alkanes) is 1. The van der Waals surface area contributed by atoms with Gasteiger partial charge in [-0.05, 0) is 19.3 Å². The lowest BCUT2D eigenvalue weighted by molar-refractivity contribution is -0.0518. The summed E-state index contributed by atoms with van der Waals surface area (Å²) in [6.07, 6.45) is 7.98. The molecule has 4 nitrogen and oxygen atoms in total. The molecule has 0 bridgehead atoms. The first-order valence-electron chi connectivity index (χ1n) is 6.46. The van der Waals surface area contributed by atoms with Crippen molar-refractivity contribution in [3.8, 4) is 0 Å². The third-order valence-electron chi connectivity index (χ3n) is 2.89. The van der Waals surface area contributed by atoms with Gasteiger partial charge in [-0.15, -0.1) is 0 Å². The highest BCUT2D eigenvalue weighted by Gasteiger charge is 2.33. The predicted molar refractivity (Wildman–Crippen MR) is 79.9 cm³/mol. The molecule has 0 radical (unpaired) electrons. The fourth-order valence-electron chi connectivity index (χ4n) is 1.94. The van der Waals surface area contributed by atoms with Gasteiger partial charge in [0.05, 0.1) is 17.6 Å². The summed E-state index contributed by atoms with van der Waals surface area (Å²) in [5.74, 6) is 0. The van der Waals surface area contributed by atoms with Crippen molar-refractivity contribution in [3.05, 3.63) is 12.2 Å². The zero-order valence-electron chi connectivity index (χ0n) is 11.1. The van der Waals surface area contributed by atoms with Gasteiger partial charge < -0.3 is 9.47 Å².